The maximum absolute atomic E-state index is 12.0. The second kappa shape index (κ2) is 7.93. The first-order chi connectivity index (χ1) is 8.13. The van der Waals surface area contributed by atoms with Gasteiger partial charge in [0.25, 0.3) is 0 Å². The maximum Gasteiger partial charge on any atom is 0.222 e. The molecule has 0 N–H and O–H groups in total. The molecule has 0 aromatic heterocycles. The van der Waals surface area contributed by atoms with Crippen molar-refractivity contribution >= 4 is 17.5 Å². The number of amides is 1. The van der Waals surface area contributed by atoms with Gasteiger partial charge in [-0.05, 0) is 18.8 Å². The molecule has 100 valence electrons. The van der Waals surface area contributed by atoms with Crippen LogP contribution < -0.4 is 0 Å². The first-order valence-corrected chi connectivity index (χ1v) is 6.94. The van der Waals surface area contributed by atoms with Crippen LogP contribution in [-0.2, 0) is 9.53 Å². The van der Waals surface area contributed by atoms with Crippen LogP contribution in [0.5, 0.6) is 0 Å². The minimum absolute atomic E-state index is 0.111. The summed E-state index contributed by atoms with van der Waals surface area (Å²) >= 11 is 6.04. The predicted octanol–water partition coefficient (Wildman–Crippen LogP) is 2.67. The fraction of sp³-hybridized carbons (Fsp3) is 0.923. The molecule has 0 saturated heterocycles. The topological polar surface area (TPSA) is 29.5 Å². The van der Waals surface area contributed by atoms with Gasteiger partial charge in [0.1, 0.15) is 0 Å². The highest BCUT2D eigenvalue weighted by atomic mass is 35.5. The van der Waals surface area contributed by atoms with Gasteiger partial charge in [0.15, 0.2) is 0 Å². The molecule has 0 bridgehead atoms. The Morgan fingerprint density at radius 2 is 2.06 bits per heavy atom. The Kier molecular flexibility index (Phi) is 6.90. The molecule has 0 aromatic rings. The number of nitrogens with zero attached hydrogens (tertiary/aromatic N) is 1. The van der Waals surface area contributed by atoms with E-state index < -0.39 is 0 Å². The maximum atomic E-state index is 12.0. The van der Waals surface area contributed by atoms with Crippen LogP contribution in [0.25, 0.3) is 0 Å². The zero-order valence-corrected chi connectivity index (χ0v) is 11.7. The molecule has 0 aromatic carbocycles. The summed E-state index contributed by atoms with van der Waals surface area (Å²) in [7, 11) is 3.45. The molecule has 17 heavy (non-hydrogen) atoms. The number of hydrogen-bond acceptors (Lipinski definition) is 2. The van der Waals surface area contributed by atoms with Crippen LogP contribution in [0.15, 0.2) is 0 Å². The molecular weight excluding hydrogens is 238 g/mol. The van der Waals surface area contributed by atoms with E-state index in [4.69, 9.17) is 16.3 Å². The van der Waals surface area contributed by atoms with E-state index >= 15 is 0 Å². The van der Waals surface area contributed by atoms with Gasteiger partial charge in [-0.2, -0.15) is 0 Å². The zero-order chi connectivity index (χ0) is 12.7. The van der Waals surface area contributed by atoms with Gasteiger partial charge in [-0.25, -0.2) is 0 Å². The van der Waals surface area contributed by atoms with Gasteiger partial charge in [0.05, 0.1) is 12.0 Å². The van der Waals surface area contributed by atoms with Crippen LogP contribution in [0.2, 0.25) is 0 Å². The molecule has 0 aliphatic heterocycles. The molecular formula is C13H24ClNO2. The number of rotatable bonds is 6. The van der Waals surface area contributed by atoms with Crippen LogP contribution in [0.1, 0.15) is 38.5 Å². The third-order valence-electron chi connectivity index (χ3n) is 3.43. The highest BCUT2D eigenvalue weighted by molar-refractivity contribution is 6.21. The number of alkyl halides is 1. The molecule has 1 rings (SSSR count). The average Bonchev–Trinajstić information content (AvgIpc) is 2.30. The van der Waals surface area contributed by atoms with Crippen molar-refractivity contribution in [2.45, 2.75) is 43.9 Å². The van der Waals surface area contributed by atoms with Crippen molar-refractivity contribution in [1.29, 1.82) is 0 Å². The molecule has 0 spiro atoms. The lowest BCUT2D eigenvalue weighted by atomic mass is 9.87. The van der Waals surface area contributed by atoms with Gasteiger partial charge in [-0.1, -0.05) is 19.3 Å². The fourth-order valence-corrected chi connectivity index (χ4v) is 2.76. The van der Waals surface area contributed by atoms with Crippen LogP contribution in [0.3, 0.4) is 0 Å². The molecule has 1 aliphatic rings. The number of carbonyl (C=O) groups excluding carboxylic acids is 1. The second-order valence-electron chi connectivity index (χ2n) is 5.04. The van der Waals surface area contributed by atoms with Crippen molar-refractivity contribution < 1.29 is 9.53 Å². The standard InChI is InChI=1S/C13H24ClNO2/c1-15(9-12(14)10-17-2)13(16)8-11-6-4-3-5-7-11/h11-12H,3-10H2,1-2H3. The number of hydrogen-bond donors (Lipinski definition) is 0. The van der Waals surface area contributed by atoms with E-state index in [0.717, 1.165) is 0 Å². The summed E-state index contributed by atoms with van der Waals surface area (Å²) in [6.45, 7) is 1.06. The monoisotopic (exact) mass is 261 g/mol. The van der Waals surface area contributed by atoms with Crippen LogP contribution in [0, 0.1) is 5.92 Å². The number of ether oxygens (including phenoxy) is 1. The Morgan fingerprint density at radius 3 is 2.65 bits per heavy atom. The third kappa shape index (κ3) is 5.73. The average molecular weight is 262 g/mol. The minimum Gasteiger partial charge on any atom is -0.383 e. The van der Waals surface area contributed by atoms with Gasteiger partial charge in [0, 0.05) is 27.1 Å². The van der Waals surface area contributed by atoms with Crippen molar-refractivity contribution in [2.24, 2.45) is 5.92 Å². The lowest BCUT2D eigenvalue weighted by Crippen LogP contribution is -2.35. The SMILES string of the molecule is COCC(Cl)CN(C)C(=O)CC1CCCCC1. The summed E-state index contributed by atoms with van der Waals surface area (Å²) in [5.41, 5.74) is 0. The van der Waals surface area contributed by atoms with Crippen LogP contribution >= 0.6 is 11.6 Å². The normalized spacial score (nSPS) is 19.0. The van der Waals surface area contributed by atoms with E-state index in [0.29, 0.717) is 25.5 Å². The molecule has 1 aliphatic carbocycles. The van der Waals surface area contributed by atoms with Gasteiger partial charge in [-0.3, -0.25) is 4.79 Å². The van der Waals surface area contributed by atoms with Gasteiger partial charge in [-0.15, -0.1) is 11.6 Å². The quantitative estimate of drug-likeness (QED) is 0.688. The second-order valence-corrected chi connectivity index (χ2v) is 5.65. The summed E-state index contributed by atoms with van der Waals surface area (Å²) in [6, 6.07) is 0. The third-order valence-corrected chi connectivity index (χ3v) is 3.70. The Labute approximate surface area is 109 Å². The predicted molar refractivity (Wildman–Crippen MR) is 70.3 cm³/mol. The van der Waals surface area contributed by atoms with Gasteiger partial charge < -0.3 is 9.64 Å². The Bertz CT molecular complexity index is 229. The molecule has 1 unspecified atom stereocenters. The number of carbonyl (C=O) groups is 1. The summed E-state index contributed by atoms with van der Waals surface area (Å²) in [5, 5.41) is -0.111. The van der Waals surface area contributed by atoms with Crippen LogP contribution in [-0.4, -0.2) is 43.5 Å². The molecule has 4 heteroatoms. The molecule has 1 fully saturated rings. The lowest BCUT2D eigenvalue weighted by Gasteiger charge is -2.25. The first kappa shape index (κ1) is 14.8. The molecule has 0 heterocycles. The molecule has 3 nitrogen and oxygen atoms in total. The number of methoxy groups -OCH3 is 1. The van der Waals surface area contributed by atoms with E-state index in [9.17, 15) is 4.79 Å². The Balaban J connectivity index is 2.25. The highest BCUT2D eigenvalue weighted by Crippen LogP contribution is 2.26. The Morgan fingerprint density at radius 1 is 1.41 bits per heavy atom. The summed E-state index contributed by atoms with van der Waals surface area (Å²) in [5.74, 6) is 0.813. The minimum atomic E-state index is -0.111. The molecule has 1 saturated carbocycles. The van der Waals surface area contributed by atoms with E-state index in [1.165, 1.54) is 32.1 Å². The fourth-order valence-electron chi connectivity index (χ4n) is 2.43. The van der Waals surface area contributed by atoms with Gasteiger partial charge in [0.2, 0.25) is 5.91 Å². The van der Waals surface area contributed by atoms with E-state index in [1.807, 2.05) is 7.05 Å². The van der Waals surface area contributed by atoms with E-state index in [-0.39, 0.29) is 11.3 Å². The van der Waals surface area contributed by atoms with Crippen molar-refractivity contribution in [1.82, 2.24) is 4.90 Å². The number of halogens is 1. The van der Waals surface area contributed by atoms with Crippen molar-refractivity contribution in [3.8, 4) is 0 Å². The molecule has 1 amide bonds. The molecule has 1 atom stereocenters. The zero-order valence-electron chi connectivity index (χ0n) is 11.0. The summed E-state index contributed by atoms with van der Waals surface area (Å²) < 4.78 is 4.96. The first-order valence-electron chi connectivity index (χ1n) is 6.50. The highest BCUT2D eigenvalue weighted by Gasteiger charge is 2.20. The summed E-state index contributed by atoms with van der Waals surface area (Å²) in [4.78, 5) is 13.7. The van der Waals surface area contributed by atoms with E-state index in [2.05, 4.69) is 0 Å². The van der Waals surface area contributed by atoms with Gasteiger partial charge >= 0.3 is 0 Å². The van der Waals surface area contributed by atoms with E-state index in [1.54, 1.807) is 12.0 Å². The smallest absolute Gasteiger partial charge is 0.222 e. The largest absolute Gasteiger partial charge is 0.383 e. The summed E-state index contributed by atoms with van der Waals surface area (Å²) in [6.07, 6.45) is 7.00. The van der Waals surface area contributed by atoms with Crippen LogP contribution in [0.4, 0.5) is 0 Å². The Hall–Kier alpha value is -0.280. The van der Waals surface area contributed by atoms with Crippen molar-refractivity contribution in [3.05, 3.63) is 0 Å². The molecule has 0 radical (unpaired) electrons. The lowest BCUT2D eigenvalue weighted by molar-refractivity contribution is -0.131. The van der Waals surface area contributed by atoms with Crippen molar-refractivity contribution in [3.63, 3.8) is 0 Å². The van der Waals surface area contributed by atoms with Crippen molar-refractivity contribution in [2.75, 3.05) is 27.3 Å².